The number of carbonyl (C=O) groups is 1. The first kappa shape index (κ1) is 13.0. The van der Waals surface area contributed by atoms with Gasteiger partial charge in [0, 0.05) is 0 Å². The molecule has 0 aromatic heterocycles. The average Bonchev–Trinajstić information content (AvgIpc) is 2.64. The van der Waals surface area contributed by atoms with Crippen molar-refractivity contribution in [1.82, 2.24) is 0 Å². The van der Waals surface area contributed by atoms with Crippen molar-refractivity contribution in [2.75, 3.05) is 6.61 Å². The van der Waals surface area contributed by atoms with Crippen molar-refractivity contribution in [2.45, 2.75) is 64.0 Å². The van der Waals surface area contributed by atoms with Crippen LogP contribution >= 0.6 is 0 Å². The fraction of sp³-hybridized carbons (Fsp3) is 0.917. The van der Waals surface area contributed by atoms with Crippen LogP contribution in [0.2, 0.25) is 0 Å². The molecular formula is C12H20O5. The molecule has 2 rings (SSSR count). The summed E-state index contributed by atoms with van der Waals surface area (Å²) in [6, 6.07) is 0. The van der Waals surface area contributed by atoms with Crippen LogP contribution in [0.1, 0.15) is 34.6 Å². The third-order valence-electron chi connectivity index (χ3n) is 3.04. The molecule has 2 fully saturated rings. The van der Waals surface area contributed by atoms with Gasteiger partial charge in [-0.2, -0.15) is 0 Å². The molecule has 5 heteroatoms. The maximum absolute atomic E-state index is 11.2. The molecule has 0 aromatic carbocycles. The van der Waals surface area contributed by atoms with Crippen LogP contribution in [0.4, 0.5) is 0 Å². The Morgan fingerprint density at radius 2 is 1.71 bits per heavy atom. The minimum atomic E-state index is -0.988. The van der Waals surface area contributed by atoms with E-state index in [2.05, 4.69) is 0 Å². The van der Waals surface area contributed by atoms with Crippen LogP contribution in [-0.2, 0) is 23.7 Å². The van der Waals surface area contributed by atoms with E-state index in [1.807, 2.05) is 13.8 Å². The molecule has 0 radical (unpaired) electrons. The van der Waals surface area contributed by atoms with Crippen LogP contribution in [0.25, 0.3) is 0 Å². The first-order chi connectivity index (χ1) is 7.68. The summed E-state index contributed by atoms with van der Waals surface area (Å²) in [5.41, 5.74) is -0.988. The Balaban J connectivity index is 2.18. The van der Waals surface area contributed by atoms with E-state index in [0.29, 0.717) is 6.61 Å². The van der Waals surface area contributed by atoms with Crippen molar-refractivity contribution in [1.29, 1.82) is 0 Å². The fourth-order valence-electron chi connectivity index (χ4n) is 2.44. The van der Waals surface area contributed by atoms with Gasteiger partial charge >= 0.3 is 0 Å². The fourth-order valence-corrected chi connectivity index (χ4v) is 2.44. The van der Waals surface area contributed by atoms with Crippen molar-refractivity contribution in [3.63, 3.8) is 0 Å². The smallest absolute Gasteiger partial charge is 0.164 e. The second-order valence-electron chi connectivity index (χ2n) is 5.71. The molecule has 0 amide bonds. The van der Waals surface area contributed by atoms with Crippen LogP contribution in [0.3, 0.4) is 0 Å². The third-order valence-corrected chi connectivity index (χ3v) is 3.04. The van der Waals surface area contributed by atoms with Crippen molar-refractivity contribution in [3.05, 3.63) is 0 Å². The highest BCUT2D eigenvalue weighted by Crippen LogP contribution is 2.40. The molecule has 2 aliphatic heterocycles. The Morgan fingerprint density at radius 1 is 1.06 bits per heavy atom. The quantitative estimate of drug-likeness (QED) is 0.684. The number of hydrogen-bond acceptors (Lipinski definition) is 5. The van der Waals surface area contributed by atoms with E-state index in [0.717, 1.165) is 6.29 Å². The monoisotopic (exact) mass is 244 g/mol. The van der Waals surface area contributed by atoms with Crippen LogP contribution in [0.5, 0.6) is 0 Å². The average molecular weight is 244 g/mol. The summed E-state index contributed by atoms with van der Waals surface area (Å²) in [5.74, 6) is -1.42. The predicted octanol–water partition coefficient (Wildman–Crippen LogP) is 1.25. The lowest BCUT2D eigenvalue weighted by atomic mass is 9.97. The number of rotatable bonds is 2. The summed E-state index contributed by atoms with van der Waals surface area (Å²) in [6.45, 7) is 9.37. The van der Waals surface area contributed by atoms with Gasteiger partial charge in [0.2, 0.25) is 0 Å². The molecule has 0 bridgehead atoms. The lowest BCUT2D eigenvalue weighted by molar-refractivity contribution is -0.176. The third kappa shape index (κ3) is 2.38. The molecule has 98 valence electrons. The molecular weight excluding hydrogens is 224 g/mol. The van der Waals surface area contributed by atoms with E-state index < -0.39 is 23.3 Å². The Labute approximate surface area is 101 Å². The summed E-state index contributed by atoms with van der Waals surface area (Å²) in [6.07, 6.45) is 0.0416. The van der Waals surface area contributed by atoms with Crippen molar-refractivity contribution in [3.8, 4) is 0 Å². The highest BCUT2D eigenvalue weighted by atomic mass is 16.8. The summed E-state index contributed by atoms with van der Waals surface area (Å²) < 4.78 is 22.7. The molecule has 2 aliphatic rings. The molecule has 3 atom stereocenters. The zero-order chi connectivity index (χ0) is 12.9. The van der Waals surface area contributed by atoms with Crippen LogP contribution in [0, 0.1) is 0 Å². The van der Waals surface area contributed by atoms with Crippen LogP contribution in [0.15, 0.2) is 0 Å². The van der Waals surface area contributed by atoms with Crippen molar-refractivity contribution < 1.29 is 23.7 Å². The second kappa shape index (κ2) is 3.75. The Hall–Kier alpha value is -0.490. The normalized spacial score (nSPS) is 43.8. The molecule has 2 saturated heterocycles. The van der Waals surface area contributed by atoms with Gasteiger partial charge in [0.15, 0.2) is 23.5 Å². The number of ether oxygens (including phenoxy) is 4. The van der Waals surface area contributed by atoms with E-state index in [1.165, 1.54) is 0 Å². The second-order valence-corrected chi connectivity index (χ2v) is 5.71. The highest BCUT2D eigenvalue weighted by molar-refractivity contribution is 5.64. The lowest BCUT2D eigenvalue weighted by Gasteiger charge is -2.26. The van der Waals surface area contributed by atoms with E-state index in [4.69, 9.17) is 18.9 Å². The molecule has 17 heavy (non-hydrogen) atoms. The van der Waals surface area contributed by atoms with Gasteiger partial charge in [-0.3, -0.25) is 0 Å². The summed E-state index contributed by atoms with van der Waals surface area (Å²) in [5, 5.41) is 0. The molecule has 2 heterocycles. The summed E-state index contributed by atoms with van der Waals surface area (Å²) in [4.78, 5) is 11.2. The minimum Gasteiger partial charge on any atom is -0.348 e. The topological polar surface area (TPSA) is 54.0 Å². The maximum atomic E-state index is 11.2. The molecule has 0 saturated carbocycles. The first-order valence-corrected chi connectivity index (χ1v) is 5.84. The van der Waals surface area contributed by atoms with E-state index in [-0.39, 0.29) is 6.10 Å². The van der Waals surface area contributed by atoms with Gasteiger partial charge in [0.25, 0.3) is 0 Å². The van der Waals surface area contributed by atoms with Crippen molar-refractivity contribution >= 4 is 6.29 Å². The highest BCUT2D eigenvalue weighted by Gasteiger charge is 2.56. The van der Waals surface area contributed by atoms with Gasteiger partial charge in [-0.15, -0.1) is 0 Å². The van der Waals surface area contributed by atoms with Gasteiger partial charge in [-0.05, 0) is 34.6 Å². The molecule has 0 unspecified atom stereocenters. The van der Waals surface area contributed by atoms with Gasteiger partial charge in [-0.25, -0.2) is 0 Å². The molecule has 0 N–H and O–H groups in total. The van der Waals surface area contributed by atoms with E-state index in [9.17, 15) is 4.79 Å². The van der Waals surface area contributed by atoms with E-state index in [1.54, 1.807) is 20.8 Å². The number of carbonyl (C=O) groups excluding carboxylic acids is 1. The number of aldehydes is 1. The maximum Gasteiger partial charge on any atom is 0.164 e. The van der Waals surface area contributed by atoms with Crippen molar-refractivity contribution in [2.24, 2.45) is 0 Å². The SMILES string of the molecule is CC1(C)OC[C@H]([C@H]2OC(C)(C)O[C@]2(C)C=O)O1. The zero-order valence-electron chi connectivity index (χ0n) is 11.0. The van der Waals surface area contributed by atoms with Crippen LogP contribution in [-0.4, -0.2) is 42.3 Å². The Kier molecular flexibility index (Phi) is 2.86. The largest absolute Gasteiger partial charge is 0.348 e. The minimum absolute atomic E-state index is 0.290. The molecule has 0 aliphatic carbocycles. The van der Waals surface area contributed by atoms with Gasteiger partial charge in [0.05, 0.1) is 6.61 Å². The van der Waals surface area contributed by atoms with Gasteiger partial charge in [0.1, 0.15) is 12.2 Å². The molecule has 5 nitrogen and oxygen atoms in total. The Bertz CT molecular complexity index is 325. The van der Waals surface area contributed by atoms with Gasteiger partial charge in [-0.1, -0.05) is 0 Å². The van der Waals surface area contributed by atoms with E-state index >= 15 is 0 Å². The lowest BCUT2D eigenvalue weighted by Crippen LogP contribution is -2.47. The molecule has 0 spiro atoms. The molecule has 0 aromatic rings. The predicted molar refractivity (Wildman–Crippen MR) is 59.4 cm³/mol. The van der Waals surface area contributed by atoms with Gasteiger partial charge < -0.3 is 23.7 Å². The zero-order valence-corrected chi connectivity index (χ0v) is 11.0. The standard InChI is InChI=1S/C12H20O5/c1-10(2)14-6-8(15-10)9-12(5,7-13)17-11(3,4)16-9/h7-9H,6H2,1-5H3/t8-,9-,12-/m1/s1. The first-order valence-electron chi connectivity index (χ1n) is 5.84. The summed E-state index contributed by atoms with van der Waals surface area (Å²) in [7, 11) is 0. The summed E-state index contributed by atoms with van der Waals surface area (Å²) >= 11 is 0. The van der Waals surface area contributed by atoms with Crippen LogP contribution < -0.4 is 0 Å². The Morgan fingerprint density at radius 3 is 2.18 bits per heavy atom. The number of hydrogen-bond donors (Lipinski definition) is 0.